The van der Waals surface area contributed by atoms with Crippen molar-refractivity contribution in [1.29, 1.82) is 0 Å². The molecule has 1 aliphatic rings. The van der Waals surface area contributed by atoms with Crippen molar-refractivity contribution in [2.45, 2.75) is 32.1 Å². The van der Waals surface area contributed by atoms with Gasteiger partial charge in [-0.3, -0.25) is 4.79 Å². The molecule has 2 rings (SSSR count). The maximum atomic E-state index is 12.0. The first-order valence-corrected chi connectivity index (χ1v) is 7.29. The second-order valence-electron chi connectivity index (χ2n) is 4.95. The van der Waals surface area contributed by atoms with Crippen LogP contribution >= 0.6 is 15.9 Å². The molecule has 1 aromatic carbocycles. The number of nitrogens with one attached hydrogen (secondary N) is 1. The number of halogens is 1. The highest BCUT2D eigenvalue weighted by Crippen LogP contribution is 2.23. The van der Waals surface area contributed by atoms with Crippen molar-refractivity contribution in [3.05, 3.63) is 28.2 Å². The van der Waals surface area contributed by atoms with Crippen LogP contribution in [0, 0.1) is 5.92 Å². The van der Waals surface area contributed by atoms with E-state index in [1.165, 1.54) is 32.1 Å². The number of hydrogen-bond donors (Lipinski definition) is 2. The van der Waals surface area contributed by atoms with Crippen LogP contribution in [0.2, 0.25) is 0 Å². The van der Waals surface area contributed by atoms with Gasteiger partial charge in [0, 0.05) is 16.7 Å². The molecule has 1 saturated carbocycles. The molecule has 3 N–H and O–H groups in total. The molecule has 0 unspecified atom stereocenters. The molecule has 0 atom stereocenters. The highest BCUT2D eigenvalue weighted by Gasteiger charge is 2.16. The van der Waals surface area contributed by atoms with E-state index in [-0.39, 0.29) is 5.91 Å². The molecule has 0 radical (unpaired) electrons. The van der Waals surface area contributed by atoms with Gasteiger partial charge in [0.2, 0.25) is 0 Å². The Hall–Kier alpha value is -1.03. The third kappa shape index (κ3) is 3.48. The molecule has 3 nitrogen and oxygen atoms in total. The Balaban J connectivity index is 1.92. The van der Waals surface area contributed by atoms with Crippen molar-refractivity contribution in [1.82, 2.24) is 5.32 Å². The van der Waals surface area contributed by atoms with Gasteiger partial charge in [0.05, 0.1) is 5.56 Å². The highest BCUT2D eigenvalue weighted by molar-refractivity contribution is 9.10. The van der Waals surface area contributed by atoms with Gasteiger partial charge < -0.3 is 11.1 Å². The monoisotopic (exact) mass is 310 g/mol. The lowest BCUT2D eigenvalue weighted by atomic mass is 9.89. The number of rotatable bonds is 3. The fourth-order valence-corrected chi connectivity index (χ4v) is 2.81. The zero-order valence-electron chi connectivity index (χ0n) is 10.4. The maximum absolute atomic E-state index is 12.0. The van der Waals surface area contributed by atoms with E-state index in [2.05, 4.69) is 21.2 Å². The lowest BCUT2D eigenvalue weighted by Gasteiger charge is -2.21. The molecule has 1 amide bonds. The van der Waals surface area contributed by atoms with E-state index >= 15 is 0 Å². The molecule has 1 fully saturated rings. The number of anilines is 1. The summed E-state index contributed by atoms with van der Waals surface area (Å²) in [6.07, 6.45) is 6.38. The average Bonchev–Trinajstić information content (AvgIpc) is 2.40. The summed E-state index contributed by atoms with van der Waals surface area (Å²) >= 11 is 3.36. The van der Waals surface area contributed by atoms with E-state index in [4.69, 9.17) is 5.73 Å². The summed E-state index contributed by atoms with van der Waals surface area (Å²) in [7, 11) is 0. The van der Waals surface area contributed by atoms with Gasteiger partial charge >= 0.3 is 0 Å². The summed E-state index contributed by atoms with van der Waals surface area (Å²) in [6, 6.07) is 5.36. The highest BCUT2D eigenvalue weighted by atomic mass is 79.9. The van der Waals surface area contributed by atoms with Crippen LogP contribution in [0.1, 0.15) is 42.5 Å². The minimum atomic E-state index is -0.0700. The van der Waals surface area contributed by atoms with Crippen LogP contribution in [0.15, 0.2) is 22.7 Å². The van der Waals surface area contributed by atoms with Crippen molar-refractivity contribution in [3.8, 4) is 0 Å². The molecule has 1 aromatic rings. The van der Waals surface area contributed by atoms with Crippen LogP contribution in [0.4, 0.5) is 5.69 Å². The normalized spacial score (nSPS) is 16.5. The molecular weight excluding hydrogens is 292 g/mol. The van der Waals surface area contributed by atoms with Gasteiger partial charge in [-0.25, -0.2) is 0 Å². The number of carbonyl (C=O) groups is 1. The topological polar surface area (TPSA) is 55.1 Å². The van der Waals surface area contributed by atoms with E-state index in [1.807, 2.05) is 6.07 Å². The Labute approximate surface area is 116 Å². The van der Waals surface area contributed by atoms with Gasteiger partial charge in [0.15, 0.2) is 0 Å². The fourth-order valence-electron chi connectivity index (χ4n) is 2.45. The van der Waals surface area contributed by atoms with Gasteiger partial charge in [-0.1, -0.05) is 35.2 Å². The molecule has 18 heavy (non-hydrogen) atoms. The lowest BCUT2D eigenvalue weighted by molar-refractivity contribution is 0.0944. The number of carbonyl (C=O) groups excluding carboxylic acids is 1. The lowest BCUT2D eigenvalue weighted by Crippen LogP contribution is -2.30. The van der Waals surface area contributed by atoms with Gasteiger partial charge in [0.1, 0.15) is 0 Å². The standard InChI is InChI=1S/C14H19BrN2O/c15-11-6-7-13(16)12(8-11)14(18)17-9-10-4-2-1-3-5-10/h6-8,10H,1-5,9,16H2,(H,17,18). The van der Waals surface area contributed by atoms with Gasteiger partial charge in [0.25, 0.3) is 5.91 Å². The van der Waals surface area contributed by atoms with E-state index in [0.29, 0.717) is 17.2 Å². The maximum Gasteiger partial charge on any atom is 0.253 e. The minimum Gasteiger partial charge on any atom is -0.398 e. The summed E-state index contributed by atoms with van der Waals surface area (Å²) in [5, 5.41) is 3.00. The third-order valence-corrected chi connectivity index (χ3v) is 4.03. The molecule has 0 saturated heterocycles. The molecule has 98 valence electrons. The van der Waals surface area contributed by atoms with Gasteiger partial charge in [-0.05, 0) is 37.0 Å². The first kappa shape index (κ1) is 13.4. The Morgan fingerprint density at radius 1 is 1.33 bits per heavy atom. The van der Waals surface area contributed by atoms with Crippen molar-refractivity contribution < 1.29 is 4.79 Å². The number of hydrogen-bond acceptors (Lipinski definition) is 2. The summed E-state index contributed by atoms with van der Waals surface area (Å²) < 4.78 is 0.875. The second-order valence-corrected chi connectivity index (χ2v) is 5.86. The zero-order chi connectivity index (χ0) is 13.0. The van der Waals surface area contributed by atoms with Crippen LogP contribution in [0.5, 0.6) is 0 Å². The second kappa shape index (κ2) is 6.23. The Kier molecular flexibility index (Phi) is 4.64. The van der Waals surface area contributed by atoms with Crippen LogP contribution in [0.25, 0.3) is 0 Å². The van der Waals surface area contributed by atoms with E-state index < -0.39 is 0 Å². The summed E-state index contributed by atoms with van der Waals surface area (Å²) in [6.45, 7) is 0.769. The number of nitrogen functional groups attached to an aromatic ring is 1. The number of benzene rings is 1. The zero-order valence-corrected chi connectivity index (χ0v) is 12.0. The largest absolute Gasteiger partial charge is 0.398 e. The smallest absolute Gasteiger partial charge is 0.253 e. The molecule has 4 heteroatoms. The van der Waals surface area contributed by atoms with Crippen LogP contribution in [-0.2, 0) is 0 Å². The predicted molar refractivity (Wildman–Crippen MR) is 77.5 cm³/mol. The SMILES string of the molecule is Nc1ccc(Br)cc1C(=O)NCC1CCCCC1. The van der Waals surface area contributed by atoms with Crippen LogP contribution in [0.3, 0.4) is 0 Å². The minimum absolute atomic E-state index is 0.0700. The Morgan fingerprint density at radius 2 is 2.06 bits per heavy atom. The van der Waals surface area contributed by atoms with Crippen molar-refractivity contribution >= 4 is 27.5 Å². The Bertz CT molecular complexity index is 428. The Morgan fingerprint density at radius 3 is 2.78 bits per heavy atom. The number of amides is 1. The van der Waals surface area contributed by atoms with Crippen molar-refractivity contribution in [3.63, 3.8) is 0 Å². The van der Waals surface area contributed by atoms with Gasteiger partial charge in [-0.15, -0.1) is 0 Å². The van der Waals surface area contributed by atoms with Crippen LogP contribution in [-0.4, -0.2) is 12.5 Å². The first-order valence-electron chi connectivity index (χ1n) is 6.50. The molecule has 0 bridgehead atoms. The van der Waals surface area contributed by atoms with Crippen molar-refractivity contribution in [2.24, 2.45) is 5.92 Å². The summed E-state index contributed by atoms with van der Waals surface area (Å²) in [4.78, 5) is 12.0. The van der Waals surface area contributed by atoms with E-state index in [1.54, 1.807) is 12.1 Å². The molecule has 0 heterocycles. The van der Waals surface area contributed by atoms with Gasteiger partial charge in [-0.2, -0.15) is 0 Å². The van der Waals surface area contributed by atoms with E-state index in [0.717, 1.165) is 11.0 Å². The van der Waals surface area contributed by atoms with E-state index in [9.17, 15) is 4.79 Å². The molecule has 1 aliphatic carbocycles. The summed E-state index contributed by atoms with van der Waals surface area (Å²) in [5.74, 6) is 0.565. The quantitative estimate of drug-likeness (QED) is 0.841. The molecule has 0 aliphatic heterocycles. The first-order chi connectivity index (χ1) is 8.66. The third-order valence-electron chi connectivity index (χ3n) is 3.54. The molecule has 0 spiro atoms. The summed E-state index contributed by atoms with van der Waals surface area (Å²) in [5.41, 5.74) is 6.90. The number of nitrogens with two attached hydrogens (primary N) is 1. The van der Waals surface area contributed by atoms with Crippen LogP contribution < -0.4 is 11.1 Å². The predicted octanol–water partition coefficient (Wildman–Crippen LogP) is 3.34. The average molecular weight is 311 g/mol. The fraction of sp³-hybridized carbons (Fsp3) is 0.500. The van der Waals surface area contributed by atoms with Crippen molar-refractivity contribution in [2.75, 3.05) is 12.3 Å². The molecular formula is C14H19BrN2O. The molecule has 0 aromatic heterocycles.